The SMILES string of the molecule is CCCNCc1cnnn1-c1ccc(F)c(F)c1. The molecule has 96 valence electrons. The van der Waals surface area contributed by atoms with Crippen LogP contribution in [0.5, 0.6) is 0 Å². The third kappa shape index (κ3) is 2.70. The van der Waals surface area contributed by atoms with E-state index in [0.717, 1.165) is 30.8 Å². The highest BCUT2D eigenvalue weighted by Crippen LogP contribution is 2.13. The van der Waals surface area contributed by atoms with E-state index in [-0.39, 0.29) is 0 Å². The molecule has 0 saturated heterocycles. The molecule has 0 spiro atoms. The Balaban J connectivity index is 2.22. The summed E-state index contributed by atoms with van der Waals surface area (Å²) in [5.74, 6) is -1.76. The highest BCUT2D eigenvalue weighted by atomic mass is 19.2. The van der Waals surface area contributed by atoms with Gasteiger partial charge in [-0.25, -0.2) is 13.5 Å². The second-order valence-corrected chi connectivity index (χ2v) is 3.91. The van der Waals surface area contributed by atoms with E-state index in [4.69, 9.17) is 0 Å². The topological polar surface area (TPSA) is 42.7 Å². The van der Waals surface area contributed by atoms with Crippen LogP contribution in [-0.2, 0) is 6.54 Å². The summed E-state index contributed by atoms with van der Waals surface area (Å²) < 4.78 is 27.5. The van der Waals surface area contributed by atoms with Crippen LogP contribution in [0.1, 0.15) is 19.0 Å². The van der Waals surface area contributed by atoms with Gasteiger partial charge >= 0.3 is 0 Å². The molecule has 0 unspecified atom stereocenters. The van der Waals surface area contributed by atoms with Gasteiger partial charge in [-0.2, -0.15) is 0 Å². The van der Waals surface area contributed by atoms with Crippen molar-refractivity contribution in [3.8, 4) is 5.69 Å². The second-order valence-electron chi connectivity index (χ2n) is 3.91. The molecule has 18 heavy (non-hydrogen) atoms. The van der Waals surface area contributed by atoms with Gasteiger partial charge in [0.05, 0.1) is 17.6 Å². The minimum absolute atomic E-state index is 0.458. The van der Waals surface area contributed by atoms with E-state index >= 15 is 0 Å². The Morgan fingerprint density at radius 3 is 2.83 bits per heavy atom. The number of aromatic nitrogens is 3. The minimum atomic E-state index is -0.893. The molecule has 2 rings (SSSR count). The van der Waals surface area contributed by atoms with Crippen LogP contribution in [0.3, 0.4) is 0 Å². The zero-order valence-electron chi connectivity index (χ0n) is 10.0. The van der Waals surface area contributed by atoms with Gasteiger partial charge in [-0.3, -0.25) is 0 Å². The lowest BCUT2D eigenvalue weighted by Gasteiger charge is -2.07. The molecule has 0 radical (unpaired) electrons. The maximum Gasteiger partial charge on any atom is 0.160 e. The first-order valence-corrected chi connectivity index (χ1v) is 5.78. The molecule has 0 aliphatic carbocycles. The maximum atomic E-state index is 13.2. The van der Waals surface area contributed by atoms with E-state index in [9.17, 15) is 8.78 Å². The molecule has 0 atom stereocenters. The van der Waals surface area contributed by atoms with Gasteiger partial charge in [-0.1, -0.05) is 12.1 Å². The average Bonchev–Trinajstić information content (AvgIpc) is 2.81. The number of rotatable bonds is 5. The highest BCUT2D eigenvalue weighted by molar-refractivity contribution is 5.32. The molecular weight excluding hydrogens is 238 g/mol. The normalized spacial score (nSPS) is 10.8. The first-order chi connectivity index (χ1) is 8.72. The average molecular weight is 252 g/mol. The number of nitrogens with zero attached hydrogens (tertiary/aromatic N) is 3. The zero-order valence-corrected chi connectivity index (χ0v) is 10.0. The summed E-state index contributed by atoms with van der Waals surface area (Å²) in [5.41, 5.74) is 1.26. The summed E-state index contributed by atoms with van der Waals surface area (Å²) in [6.07, 6.45) is 2.62. The molecule has 6 heteroatoms. The third-order valence-corrected chi connectivity index (χ3v) is 2.50. The standard InChI is InChI=1S/C12H14F2N4/c1-2-5-15-7-10-8-16-17-18(10)9-3-4-11(13)12(14)6-9/h3-4,6,8,15H,2,5,7H2,1H3. The Morgan fingerprint density at radius 2 is 2.11 bits per heavy atom. The van der Waals surface area contributed by atoms with Crippen molar-refractivity contribution in [2.75, 3.05) is 6.54 Å². The van der Waals surface area contributed by atoms with Gasteiger partial charge in [-0.05, 0) is 25.1 Å². The van der Waals surface area contributed by atoms with E-state index < -0.39 is 11.6 Å². The molecule has 1 N–H and O–H groups in total. The molecule has 1 heterocycles. The van der Waals surface area contributed by atoms with Crippen LogP contribution in [-0.4, -0.2) is 21.5 Å². The fourth-order valence-corrected chi connectivity index (χ4v) is 1.60. The molecule has 0 bridgehead atoms. The van der Waals surface area contributed by atoms with E-state index in [1.807, 2.05) is 0 Å². The van der Waals surface area contributed by atoms with Crippen molar-refractivity contribution in [2.24, 2.45) is 0 Å². The van der Waals surface area contributed by atoms with Gasteiger partial charge in [0.2, 0.25) is 0 Å². The Labute approximate surface area is 104 Å². The van der Waals surface area contributed by atoms with Crippen molar-refractivity contribution >= 4 is 0 Å². The summed E-state index contributed by atoms with van der Waals surface area (Å²) in [5, 5.41) is 10.9. The number of nitrogens with one attached hydrogen (secondary N) is 1. The summed E-state index contributed by atoms with van der Waals surface area (Å²) in [7, 11) is 0. The molecule has 2 aromatic rings. The van der Waals surface area contributed by atoms with Crippen LogP contribution in [0.25, 0.3) is 5.69 Å². The lowest BCUT2D eigenvalue weighted by Crippen LogP contribution is -2.16. The van der Waals surface area contributed by atoms with Gasteiger partial charge < -0.3 is 5.32 Å². The number of hydrogen-bond donors (Lipinski definition) is 1. The predicted molar refractivity (Wildman–Crippen MR) is 63.3 cm³/mol. The largest absolute Gasteiger partial charge is 0.311 e. The monoisotopic (exact) mass is 252 g/mol. The van der Waals surface area contributed by atoms with E-state index in [1.54, 1.807) is 6.20 Å². The van der Waals surface area contributed by atoms with E-state index in [0.29, 0.717) is 12.2 Å². The number of halogens is 2. The Bertz CT molecular complexity index is 525. The quantitative estimate of drug-likeness (QED) is 0.828. The van der Waals surface area contributed by atoms with Gasteiger partial charge in [0.25, 0.3) is 0 Å². The van der Waals surface area contributed by atoms with E-state index in [1.165, 1.54) is 10.7 Å². The zero-order chi connectivity index (χ0) is 13.0. The van der Waals surface area contributed by atoms with Gasteiger partial charge in [0, 0.05) is 12.6 Å². The summed E-state index contributed by atoms with van der Waals surface area (Å²) in [6, 6.07) is 3.65. The van der Waals surface area contributed by atoms with Crippen molar-refractivity contribution in [2.45, 2.75) is 19.9 Å². The highest BCUT2D eigenvalue weighted by Gasteiger charge is 2.09. The van der Waals surface area contributed by atoms with Crippen molar-refractivity contribution in [1.29, 1.82) is 0 Å². The minimum Gasteiger partial charge on any atom is -0.311 e. The maximum absolute atomic E-state index is 13.2. The van der Waals surface area contributed by atoms with Crippen LogP contribution in [0, 0.1) is 11.6 Å². The summed E-state index contributed by atoms with van der Waals surface area (Å²) in [6.45, 7) is 3.53. The lowest BCUT2D eigenvalue weighted by atomic mass is 10.3. The van der Waals surface area contributed by atoms with Crippen molar-refractivity contribution in [3.63, 3.8) is 0 Å². The fraction of sp³-hybridized carbons (Fsp3) is 0.333. The van der Waals surface area contributed by atoms with Crippen LogP contribution >= 0.6 is 0 Å². The molecular formula is C12H14F2N4. The molecule has 0 saturated carbocycles. The van der Waals surface area contributed by atoms with Crippen LogP contribution in [0.15, 0.2) is 24.4 Å². The summed E-state index contributed by atoms with van der Waals surface area (Å²) in [4.78, 5) is 0. The van der Waals surface area contributed by atoms with Crippen molar-refractivity contribution in [1.82, 2.24) is 20.3 Å². The Hall–Kier alpha value is -1.82. The molecule has 0 aliphatic rings. The molecule has 4 nitrogen and oxygen atoms in total. The molecule has 1 aromatic heterocycles. The molecule has 0 aliphatic heterocycles. The van der Waals surface area contributed by atoms with Crippen LogP contribution in [0.2, 0.25) is 0 Å². The smallest absolute Gasteiger partial charge is 0.160 e. The van der Waals surface area contributed by atoms with Crippen molar-refractivity contribution < 1.29 is 8.78 Å². The van der Waals surface area contributed by atoms with Gasteiger partial charge in [0.15, 0.2) is 11.6 Å². The first kappa shape index (κ1) is 12.6. The van der Waals surface area contributed by atoms with E-state index in [2.05, 4.69) is 22.6 Å². The number of benzene rings is 1. The Kier molecular flexibility index (Phi) is 3.99. The van der Waals surface area contributed by atoms with Crippen molar-refractivity contribution in [3.05, 3.63) is 41.7 Å². The fourth-order valence-electron chi connectivity index (χ4n) is 1.60. The summed E-state index contributed by atoms with van der Waals surface area (Å²) >= 11 is 0. The third-order valence-electron chi connectivity index (χ3n) is 2.50. The molecule has 0 amide bonds. The predicted octanol–water partition coefficient (Wildman–Crippen LogP) is 2.05. The second kappa shape index (κ2) is 5.68. The number of hydrogen-bond acceptors (Lipinski definition) is 3. The van der Waals surface area contributed by atoms with Gasteiger partial charge in [-0.15, -0.1) is 5.10 Å². The van der Waals surface area contributed by atoms with Crippen LogP contribution in [0.4, 0.5) is 8.78 Å². The molecule has 1 aromatic carbocycles. The van der Waals surface area contributed by atoms with Crippen LogP contribution < -0.4 is 5.32 Å². The van der Waals surface area contributed by atoms with Gasteiger partial charge in [0.1, 0.15) is 0 Å². The molecule has 0 fully saturated rings. The Morgan fingerprint density at radius 1 is 1.28 bits per heavy atom. The first-order valence-electron chi connectivity index (χ1n) is 5.78. The lowest BCUT2D eigenvalue weighted by molar-refractivity contribution is 0.507.